The van der Waals surface area contributed by atoms with Crippen LogP contribution in [0.3, 0.4) is 0 Å². The quantitative estimate of drug-likeness (QED) is 0.0616. The molecule has 3 rings (SSSR count). The number of aromatic nitrogens is 3. The maximum Gasteiger partial charge on any atom is 0.339 e. The van der Waals surface area contributed by atoms with Gasteiger partial charge in [0.15, 0.2) is 6.10 Å². The second kappa shape index (κ2) is 18.1. The van der Waals surface area contributed by atoms with Crippen LogP contribution in [0, 0.1) is 5.92 Å². The van der Waals surface area contributed by atoms with E-state index in [0.717, 1.165) is 5.56 Å². The number of amides is 3. The van der Waals surface area contributed by atoms with Gasteiger partial charge in [0.05, 0.1) is 26.5 Å². The second-order valence-corrected chi connectivity index (χ2v) is 10.0. The van der Waals surface area contributed by atoms with Crippen LogP contribution in [0.25, 0.3) is 0 Å². The van der Waals surface area contributed by atoms with Gasteiger partial charge in [0, 0.05) is 37.6 Å². The Hall–Kier alpha value is -4.66. The summed E-state index contributed by atoms with van der Waals surface area (Å²) in [5, 5.41) is 32.4. The van der Waals surface area contributed by atoms with Gasteiger partial charge in [-0.3, -0.25) is 24.3 Å². The molecule has 236 valence electrons. The van der Waals surface area contributed by atoms with Crippen molar-refractivity contribution in [1.82, 2.24) is 25.8 Å². The van der Waals surface area contributed by atoms with Gasteiger partial charge in [-0.05, 0) is 42.5 Å². The molecule has 3 aromatic rings. The van der Waals surface area contributed by atoms with E-state index in [-0.39, 0.29) is 44.2 Å². The highest BCUT2D eigenvalue weighted by Crippen LogP contribution is 2.18. The third-order valence-electron chi connectivity index (χ3n) is 6.66. The van der Waals surface area contributed by atoms with Crippen LogP contribution < -0.4 is 16.1 Å². The van der Waals surface area contributed by atoms with Gasteiger partial charge in [-0.1, -0.05) is 47.7 Å². The summed E-state index contributed by atoms with van der Waals surface area (Å²) in [4.78, 5) is 48.2. The first-order valence-electron chi connectivity index (χ1n) is 14.2. The Bertz CT molecular complexity index is 1350. The zero-order chi connectivity index (χ0) is 31.7. The first-order valence-corrected chi connectivity index (χ1v) is 14.2. The Balaban J connectivity index is 1.36. The molecular formula is C30H38N6O8. The van der Waals surface area contributed by atoms with Gasteiger partial charge in [0.2, 0.25) is 17.7 Å². The van der Waals surface area contributed by atoms with E-state index in [1.54, 1.807) is 28.5 Å². The Kier molecular flexibility index (Phi) is 13.9. The molecule has 0 spiro atoms. The zero-order valence-electron chi connectivity index (χ0n) is 24.5. The third-order valence-corrected chi connectivity index (χ3v) is 6.66. The molecule has 0 aliphatic rings. The lowest BCUT2D eigenvalue weighted by atomic mass is 10.0. The van der Waals surface area contributed by atoms with Crippen LogP contribution in [0.2, 0.25) is 0 Å². The van der Waals surface area contributed by atoms with Gasteiger partial charge in [-0.2, -0.15) is 0 Å². The van der Waals surface area contributed by atoms with Crippen molar-refractivity contribution in [3.63, 3.8) is 0 Å². The molecule has 14 heteroatoms. The van der Waals surface area contributed by atoms with Crippen LogP contribution >= 0.6 is 0 Å². The number of benzene rings is 2. The number of nitrogens with one attached hydrogen (secondary N) is 3. The minimum Gasteiger partial charge on any atom is -0.467 e. The standard InChI is InChI=1S/C30H38N6O8/c1-43-30(41)28(39)22-10-12-24(13-11-22)32-26(37)9-5-6-15-36-19-25(33-35-36)18-31-29(40)23(17-27(38)34-42)14-16-44-20-21-7-3-2-4-8-21/h2-4,7-8,10-13,19,23,28,39,42H,5-6,9,14-18,20H2,1H3,(H,31,40)(H,32,37)(H,34,38). The predicted molar refractivity (Wildman–Crippen MR) is 157 cm³/mol. The molecule has 0 aliphatic heterocycles. The lowest BCUT2D eigenvalue weighted by molar-refractivity contribution is -0.150. The highest BCUT2D eigenvalue weighted by Gasteiger charge is 2.22. The molecule has 2 aromatic carbocycles. The Morgan fingerprint density at radius 3 is 2.45 bits per heavy atom. The van der Waals surface area contributed by atoms with Crippen molar-refractivity contribution in [2.45, 2.75) is 57.9 Å². The second-order valence-electron chi connectivity index (χ2n) is 10.0. The number of carbonyl (C=O) groups is 4. The number of hydrogen-bond donors (Lipinski definition) is 5. The molecule has 44 heavy (non-hydrogen) atoms. The monoisotopic (exact) mass is 610 g/mol. The smallest absolute Gasteiger partial charge is 0.339 e. The van der Waals surface area contributed by atoms with E-state index in [0.29, 0.717) is 42.9 Å². The van der Waals surface area contributed by atoms with Crippen molar-refractivity contribution in [3.8, 4) is 0 Å². The number of carbonyl (C=O) groups excluding carboxylic acids is 4. The Morgan fingerprint density at radius 1 is 1.00 bits per heavy atom. The van der Waals surface area contributed by atoms with Gasteiger partial charge < -0.3 is 25.2 Å². The normalized spacial score (nSPS) is 12.2. The van der Waals surface area contributed by atoms with Gasteiger partial charge in [0.1, 0.15) is 5.69 Å². The number of aliphatic hydroxyl groups excluding tert-OH is 1. The summed E-state index contributed by atoms with van der Waals surface area (Å²) >= 11 is 0. The molecular weight excluding hydrogens is 572 g/mol. The molecule has 14 nitrogen and oxygen atoms in total. The van der Waals surface area contributed by atoms with Crippen LogP contribution in [0.4, 0.5) is 5.69 Å². The number of esters is 1. The number of hydroxylamine groups is 1. The highest BCUT2D eigenvalue weighted by molar-refractivity contribution is 5.90. The average Bonchev–Trinajstić information content (AvgIpc) is 3.51. The number of unbranched alkanes of at least 4 members (excludes halogenated alkanes) is 1. The number of hydrogen-bond acceptors (Lipinski definition) is 10. The largest absolute Gasteiger partial charge is 0.467 e. The number of ether oxygens (including phenoxy) is 2. The molecule has 5 N–H and O–H groups in total. The Labute approximate surface area is 254 Å². The van der Waals surface area contributed by atoms with Crippen LogP contribution in [0.15, 0.2) is 60.8 Å². The molecule has 0 fully saturated rings. The fourth-order valence-electron chi connectivity index (χ4n) is 4.22. The first-order chi connectivity index (χ1) is 21.3. The Morgan fingerprint density at radius 2 is 1.75 bits per heavy atom. The predicted octanol–water partition coefficient (Wildman–Crippen LogP) is 2.03. The van der Waals surface area contributed by atoms with Crippen LogP contribution in [0.5, 0.6) is 0 Å². The number of aliphatic hydroxyl groups is 1. The van der Waals surface area contributed by atoms with E-state index >= 15 is 0 Å². The topological polar surface area (TPSA) is 194 Å². The summed E-state index contributed by atoms with van der Waals surface area (Å²) in [7, 11) is 1.19. The summed E-state index contributed by atoms with van der Waals surface area (Å²) in [6, 6.07) is 15.8. The van der Waals surface area contributed by atoms with Crippen molar-refractivity contribution in [3.05, 3.63) is 77.6 Å². The average molecular weight is 611 g/mol. The van der Waals surface area contributed by atoms with Crippen molar-refractivity contribution >= 4 is 29.4 Å². The number of anilines is 1. The van der Waals surface area contributed by atoms with Crippen LogP contribution in [-0.4, -0.2) is 62.7 Å². The highest BCUT2D eigenvalue weighted by atomic mass is 16.5. The molecule has 0 bridgehead atoms. The van der Waals surface area contributed by atoms with E-state index in [4.69, 9.17) is 9.94 Å². The summed E-state index contributed by atoms with van der Waals surface area (Å²) < 4.78 is 11.8. The van der Waals surface area contributed by atoms with E-state index < -0.39 is 23.9 Å². The van der Waals surface area contributed by atoms with E-state index in [9.17, 15) is 24.3 Å². The number of rotatable bonds is 18. The van der Waals surface area contributed by atoms with E-state index in [1.165, 1.54) is 19.2 Å². The van der Waals surface area contributed by atoms with Gasteiger partial charge >= 0.3 is 5.97 Å². The summed E-state index contributed by atoms with van der Waals surface area (Å²) in [6.45, 7) is 1.27. The van der Waals surface area contributed by atoms with E-state index in [1.807, 2.05) is 30.3 Å². The molecule has 2 unspecified atom stereocenters. The van der Waals surface area contributed by atoms with Crippen molar-refractivity contribution in [1.29, 1.82) is 0 Å². The zero-order valence-corrected chi connectivity index (χ0v) is 24.5. The van der Waals surface area contributed by atoms with Crippen molar-refractivity contribution < 1.29 is 39.0 Å². The molecule has 1 aromatic heterocycles. The third kappa shape index (κ3) is 11.6. The fourth-order valence-corrected chi connectivity index (χ4v) is 4.22. The number of aryl methyl sites for hydroxylation is 1. The molecule has 0 saturated heterocycles. The van der Waals surface area contributed by atoms with Gasteiger partial charge in [-0.25, -0.2) is 10.3 Å². The summed E-state index contributed by atoms with van der Waals surface area (Å²) in [5.41, 5.74) is 3.99. The minimum absolute atomic E-state index is 0.110. The fraction of sp³-hybridized carbons (Fsp3) is 0.400. The molecule has 2 atom stereocenters. The maximum atomic E-state index is 12.8. The number of methoxy groups -OCH3 is 1. The lowest BCUT2D eigenvalue weighted by Gasteiger charge is -2.15. The lowest BCUT2D eigenvalue weighted by Crippen LogP contribution is -2.34. The van der Waals surface area contributed by atoms with Gasteiger partial charge in [-0.15, -0.1) is 5.10 Å². The molecule has 0 radical (unpaired) electrons. The van der Waals surface area contributed by atoms with Gasteiger partial charge in [0.25, 0.3) is 0 Å². The molecule has 3 amide bonds. The van der Waals surface area contributed by atoms with Crippen LogP contribution in [0.1, 0.15) is 55.0 Å². The van der Waals surface area contributed by atoms with Crippen LogP contribution in [-0.2, 0) is 48.3 Å². The first kappa shape index (κ1) is 33.8. The molecule has 0 saturated carbocycles. The summed E-state index contributed by atoms with van der Waals surface area (Å²) in [5.74, 6) is -2.68. The number of nitrogens with zero attached hydrogens (tertiary/aromatic N) is 3. The van der Waals surface area contributed by atoms with Crippen molar-refractivity contribution in [2.24, 2.45) is 5.92 Å². The van der Waals surface area contributed by atoms with Crippen molar-refractivity contribution in [2.75, 3.05) is 19.0 Å². The van der Waals surface area contributed by atoms with E-state index in [2.05, 4.69) is 25.7 Å². The minimum atomic E-state index is -1.38. The maximum absolute atomic E-state index is 12.8. The summed E-state index contributed by atoms with van der Waals surface area (Å²) in [6.07, 6.45) is 1.94. The molecule has 0 aliphatic carbocycles. The SMILES string of the molecule is COC(=O)C(O)c1ccc(NC(=O)CCCCn2cc(CNC(=O)C(CCOCc3ccccc3)CC(=O)NO)nn2)cc1. The molecule has 1 heterocycles.